The minimum Gasteiger partial charge on any atom is -0.333 e. The molecule has 10 heteroatoms. The molecular formula is C24H17ClN6O3. The normalized spacial score (nSPS) is 12.9. The topological polar surface area (TPSA) is 98.5 Å². The average molecular weight is 473 g/mol. The van der Waals surface area contributed by atoms with E-state index in [0.717, 1.165) is 22.4 Å². The molecule has 0 saturated carbocycles. The number of pyridine rings is 1. The van der Waals surface area contributed by atoms with Gasteiger partial charge in [-0.25, -0.2) is 13.9 Å². The van der Waals surface area contributed by atoms with Crippen LogP contribution in [0.5, 0.6) is 0 Å². The van der Waals surface area contributed by atoms with Crippen LogP contribution in [-0.2, 0) is 17.8 Å². The highest BCUT2D eigenvalue weighted by Crippen LogP contribution is 2.28. The van der Waals surface area contributed by atoms with Crippen LogP contribution in [0.1, 0.15) is 5.56 Å². The smallest absolute Gasteiger partial charge is 0.333 e. The highest BCUT2D eigenvalue weighted by atomic mass is 35.5. The highest BCUT2D eigenvalue weighted by Gasteiger charge is 2.26. The van der Waals surface area contributed by atoms with Gasteiger partial charge in [-0.15, -0.1) is 5.10 Å². The number of carbonyl (C=O) groups excluding carboxylic acids is 1. The van der Waals surface area contributed by atoms with E-state index >= 15 is 0 Å². The van der Waals surface area contributed by atoms with Crippen LogP contribution >= 0.6 is 11.6 Å². The van der Waals surface area contributed by atoms with Crippen molar-refractivity contribution in [2.75, 3.05) is 11.4 Å². The average Bonchev–Trinajstić information content (AvgIpc) is 3.57. The highest BCUT2D eigenvalue weighted by molar-refractivity contribution is 6.30. The number of aromatic nitrogens is 5. The zero-order chi connectivity index (χ0) is 23.2. The van der Waals surface area contributed by atoms with E-state index in [1.807, 2.05) is 30.3 Å². The molecule has 3 aromatic heterocycles. The Kier molecular flexibility index (Phi) is 4.77. The van der Waals surface area contributed by atoms with Gasteiger partial charge in [-0.2, -0.15) is 4.98 Å². The van der Waals surface area contributed by atoms with Crippen molar-refractivity contribution in [1.82, 2.24) is 24.3 Å². The molecule has 0 N–H and O–H groups in total. The van der Waals surface area contributed by atoms with Crippen molar-refractivity contribution in [2.24, 2.45) is 0 Å². The van der Waals surface area contributed by atoms with E-state index in [-0.39, 0.29) is 18.3 Å². The summed E-state index contributed by atoms with van der Waals surface area (Å²) in [6.45, 7) is 0.408. The molecule has 0 spiro atoms. The van der Waals surface area contributed by atoms with Gasteiger partial charge in [-0.1, -0.05) is 47.1 Å². The quantitative estimate of drug-likeness (QED) is 0.397. The summed E-state index contributed by atoms with van der Waals surface area (Å²) in [7, 11) is 0. The third kappa shape index (κ3) is 3.37. The standard InChI is InChI=1S/C24H17ClN6O3/c25-17-7-3-6-16(13-17)21-26-23(34-28-21)18-8-4-11-30-22(18)27-31(24(30)33)14-20(32)29-12-10-15-5-1-2-9-19(15)29/h1-9,11,13H,10,12,14H2. The number of carbonyl (C=O) groups is 1. The van der Waals surface area contributed by atoms with E-state index < -0.39 is 5.69 Å². The summed E-state index contributed by atoms with van der Waals surface area (Å²) in [5, 5.41) is 9.01. The van der Waals surface area contributed by atoms with Crippen LogP contribution in [-0.4, -0.2) is 36.8 Å². The van der Waals surface area contributed by atoms with Crippen LogP contribution in [0.15, 0.2) is 76.2 Å². The fourth-order valence-electron chi connectivity index (χ4n) is 4.20. The van der Waals surface area contributed by atoms with Crippen LogP contribution in [0.4, 0.5) is 5.69 Å². The lowest BCUT2D eigenvalue weighted by Gasteiger charge is -2.16. The molecule has 9 nitrogen and oxygen atoms in total. The first-order chi connectivity index (χ1) is 16.6. The SMILES string of the molecule is O=C(Cn1nc2c(-c3nc(-c4cccc(Cl)c4)no3)cccn2c1=O)N1CCc2ccccc21. The van der Waals surface area contributed by atoms with E-state index in [2.05, 4.69) is 15.2 Å². The molecule has 0 bridgehead atoms. The molecule has 1 aliphatic rings. The number of hydrogen-bond acceptors (Lipinski definition) is 6. The Balaban J connectivity index is 1.34. The molecule has 0 saturated heterocycles. The Morgan fingerprint density at radius 3 is 2.85 bits per heavy atom. The fraction of sp³-hybridized carbons (Fsp3) is 0.125. The number of rotatable bonds is 4. The van der Waals surface area contributed by atoms with E-state index in [4.69, 9.17) is 16.1 Å². The van der Waals surface area contributed by atoms with Crippen molar-refractivity contribution in [2.45, 2.75) is 13.0 Å². The number of para-hydroxylation sites is 1. The van der Waals surface area contributed by atoms with Gasteiger partial charge in [0.2, 0.25) is 11.7 Å². The summed E-state index contributed by atoms with van der Waals surface area (Å²) in [6.07, 6.45) is 2.38. The Morgan fingerprint density at radius 2 is 1.97 bits per heavy atom. The first-order valence-electron chi connectivity index (χ1n) is 10.6. The van der Waals surface area contributed by atoms with Crippen LogP contribution in [0, 0.1) is 0 Å². The Bertz CT molecular complexity index is 1620. The van der Waals surface area contributed by atoms with Crippen LogP contribution in [0.2, 0.25) is 5.02 Å². The fourth-order valence-corrected chi connectivity index (χ4v) is 4.39. The molecule has 2 aromatic carbocycles. The molecule has 1 aliphatic heterocycles. The number of halogens is 1. The third-order valence-electron chi connectivity index (χ3n) is 5.82. The second-order valence-corrected chi connectivity index (χ2v) is 8.35. The molecule has 168 valence electrons. The van der Waals surface area contributed by atoms with Crippen LogP contribution in [0.25, 0.3) is 28.5 Å². The minimum absolute atomic E-state index is 0.175. The van der Waals surface area contributed by atoms with Crippen molar-refractivity contribution in [1.29, 1.82) is 0 Å². The molecule has 0 radical (unpaired) electrons. The lowest BCUT2D eigenvalue weighted by molar-refractivity contribution is -0.119. The van der Waals surface area contributed by atoms with Gasteiger partial charge < -0.3 is 9.42 Å². The molecule has 1 amide bonds. The Morgan fingerprint density at radius 1 is 1.09 bits per heavy atom. The van der Waals surface area contributed by atoms with Gasteiger partial charge in [-0.3, -0.25) is 4.79 Å². The zero-order valence-electron chi connectivity index (χ0n) is 17.8. The number of amides is 1. The third-order valence-corrected chi connectivity index (χ3v) is 6.06. The minimum atomic E-state index is -0.424. The summed E-state index contributed by atoms with van der Waals surface area (Å²) in [5.74, 6) is 0.375. The number of fused-ring (bicyclic) bond motifs is 2. The maximum absolute atomic E-state index is 13.0. The van der Waals surface area contributed by atoms with Gasteiger partial charge in [0.05, 0.1) is 5.56 Å². The lowest BCUT2D eigenvalue weighted by atomic mass is 10.2. The molecule has 5 aromatic rings. The van der Waals surface area contributed by atoms with E-state index in [0.29, 0.717) is 34.2 Å². The van der Waals surface area contributed by atoms with Crippen molar-refractivity contribution < 1.29 is 9.32 Å². The van der Waals surface area contributed by atoms with Crippen LogP contribution < -0.4 is 10.6 Å². The predicted molar refractivity (Wildman–Crippen MR) is 126 cm³/mol. The van der Waals surface area contributed by atoms with Gasteiger partial charge in [-0.05, 0) is 42.3 Å². The van der Waals surface area contributed by atoms with Crippen LogP contribution in [0.3, 0.4) is 0 Å². The maximum atomic E-state index is 13.0. The lowest BCUT2D eigenvalue weighted by Crippen LogP contribution is -2.35. The van der Waals surface area contributed by atoms with Crippen molar-refractivity contribution in [3.05, 3.63) is 87.9 Å². The first kappa shape index (κ1) is 20.4. The van der Waals surface area contributed by atoms with Crippen molar-refractivity contribution >= 4 is 28.8 Å². The second-order valence-electron chi connectivity index (χ2n) is 7.91. The van der Waals surface area contributed by atoms with Gasteiger partial charge in [0.15, 0.2) is 5.65 Å². The van der Waals surface area contributed by atoms with E-state index in [9.17, 15) is 9.59 Å². The number of anilines is 1. The Hall–Kier alpha value is -4.24. The predicted octanol–water partition coefficient (Wildman–Crippen LogP) is 3.46. The number of nitrogens with zero attached hydrogens (tertiary/aromatic N) is 6. The summed E-state index contributed by atoms with van der Waals surface area (Å²) in [5.41, 5.74) is 3.08. The molecule has 4 heterocycles. The monoisotopic (exact) mass is 472 g/mol. The summed E-state index contributed by atoms with van der Waals surface area (Å²) < 4.78 is 7.99. The molecule has 0 fully saturated rings. The second kappa shape index (κ2) is 7.96. The van der Waals surface area contributed by atoms with Gasteiger partial charge >= 0.3 is 5.69 Å². The maximum Gasteiger partial charge on any atom is 0.350 e. The molecular weight excluding hydrogens is 456 g/mol. The Labute approximate surface area is 197 Å². The van der Waals surface area contributed by atoms with Crippen molar-refractivity contribution in [3.63, 3.8) is 0 Å². The van der Waals surface area contributed by atoms with Gasteiger partial charge in [0.25, 0.3) is 5.89 Å². The summed E-state index contributed by atoms with van der Waals surface area (Å²) in [4.78, 5) is 32.1. The van der Waals surface area contributed by atoms with Crippen molar-refractivity contribution in [3.8, 4) is 22.8 Å². The number of benzene rings is 2. The first-order valence-corrected chi connectivity index (χ1v) is 11.0. The van der Waals surface area contributed by atoms with E-state index in [1.54, 1.807) is 41.4 Å². The summed E-state index contributed by atoms with van der Waals surface area (Å²) in [6, 6.07) is 18.3. The van der Waals surface area contributed by atoms with E-state index in [1.165, 1.54) is 4.40 Å². The van der Waals surface area contributed by atoms with Gasteiger partial charge in [0, 0.05) is 29.0 Å². The zero-order valence-corrected chi connectivity index (χ0v) is 18.5. The molecule has 6 rings (SSSR count). The summed E-state index contributed by atoms with van der Waals surface area (Å²) >= 11 is 6.07. The largest absolute Gasteiger partial charge is 0.350 e. The molecule has 0 atom stereocenters. The number of hydrogen-bond donors (Lipinski definition) is 0. The molecule has 0 aliphatic carbocycles. The molecule has 0 unspecified atom stereocenters. The molecule has 34 heavy (non-hydrogen) atoms. The van der Waals surface area contributed by atoms with Gasteiger partial charge in [0.1, 0.15) is 6.54 Å².